The van der Waals surface area contributed by atoms with Crippen molar-refractivity contribution < 1.29 is 14.4 Å². The Hall–Kier alpha value is -3.34. The number of nitro groups is 1. The first-order valence-corrected chi connectivity index (χ1v) is 9.66. The van der Waals surface area contributed by atoms with Crippen LogP contribution in [0.1, 0.15) is 18.2 Å². The monoisotopic (exact) mass is 458 g/mol. The molecule has 0 aliphatic carbocycles. The van der Waals surface area contributed by atoms with Crippen molar-refractivity contribution in [3.05, 3.63) is 50.5 Å². The van der Waals surface area contributed by atoms with Gasteiger partial charge in [0.2, 0.25) is 5.95 Å². The maximum absolute atomic E-state index is 11.4. The van der Waals surface area contributed by atoms with Crippen LogP contribution in [-0.2, 0) is 0 Å². The van der Waals surface area contributed by atoms with Crippen molar-refractivity contribution in [3.63, 3.8) is 0 Å². The van der Waals surface area contributed by atoms with Crippen LogP contribution in [0.4, 0.5) is 11.6 Å². The zero-order valence-corrected chi connectivity index (χ0v) is 16.5. The van der Waals surface area contributed by atoms with Crippen molar-refractivity contribution in [2.75, 3.05) is 18.5 Å². The van der Waals surface area contributed by atoms with E-state index in [4.69, 9.17) is 15.2 Å². The van der Waals surface area contributed by atoms with Gasteiger partial charge >= 0.3 is 0 Å². The maximum Gasteiger partial charge on any atom is 0.283 e. The maximum atomic E-state index is 11.4. The topological polar surface area (TPSA) is 130 Å². The molecule has 0 bridgehead atoms. The average molecular weight is 459 g/mol. The van der Waals surface area contributed by atoms with E-state index in [-0.39, 0.29) is 11.6 Å². The summed E-state index contributed by atoms with van der Waals surface area (Å²) in [5.74, 6) is 1.93. The van der Waals surface area contributed by atoms with Gasteiger partial charge in [-0.25, -0.2) is 9.98 Å². The Morgan fingerprint density at radius 2 is 2.00 bits per heavy atom. The number of rotatable bonds is 2. The summed E-state index contributed by atoms with van der Waals surface area (Å²) in [5, 5.41) is 14.3. The first-order valence-electron chi connectivity index (χ1n) is 8.87. The molecule has 11 heteroatoms. The van der Waals surface area contributed by atoms with E-state index in [1.807, 2.05) is 16.7 Å². The second-order valence-corrected chi connectivity index (χ2v) is 7.48. The lowest BCUT2D eigenvalue weighted by atomic mass is 10.1. The number of benzene rings is 2. The van der Waals surface area contributed by atoms with Crippen molar-refractivity contribution >= 4 is 44.6 Å². The number of anilines is 1. The molecule has 3 heterocycles. The number of aliphatic imine (C=N–C) groups is 1. The molecule has 0 fully saturated rings. The number of nitrogens with zero attached hydrogens (tertiary/aromatic N) is 4. The summed E-state index contributed by atoms with van der Waals surface area (Å²) in [4.78, 5) is 20.0. The Balaban J connectivity index is 1.70. The summed E-state index contributed by atoms with van der Waals surface area (Å²) in [5.41, 5.74) is 7.95. The van der Waals surface area contributed by atoms with E-state index < -0.39 is 11.1 Å². The number of ether oxygens (including phenoxy) is 2. The molecule has 0 unspecified atom stereocenters. The fourth-order valence-corrected chi connectivity index (χ4v) is 3.87. The molecule has 0 radical (unpaired) electrons. The largest absolute Gasteiger partial charge is 0.489 e. The average Bonchev–Trinajstić information content (AvgIpc) is 2.87. The summed E-state index contributed by atoms with van der Waals surface area (Å²) in [6, 6.07) is 8.55. The Morgan fingerprint density at radius 1 is 1.24 bits per heavy atom. The summed E-state index contributed by atoms with van der Waals surface area (Å²) in [6.07, 6.45) is 0.179. The molecule has 0 spiro atoms. The third-order valence-electron chi connectivity index (χ3n) is 4.77. The highest BCUT2D eigenvalue weighted by molar-refractivity contribution is 9.10. The predicted octanol–water partition coefficient (Wildman–Crippen LogP) is 3.16. The van der Waals surface area contributed by atoms with Crippen LogP contribution in [0.15, 0.2) is 39.8 Å². The standard InChI is InChI=1S/C18H15BrN6O4/c19-10-3-2-9(6-12(10)25(26)27)16-22-17(20)23-18-21-11-7-14-15(8-13(11)24(16)18)29-5-1-4-28-14/h2-3,6-8,16H,1,4-5H2,(H3,20,21,22,23)/t16-/m0/s1. The molecule has 0 amide bonds. The van der Waals surface area contributed by atoms with Crippen LogP contribution in [0, 0.1) is 10.1 Å². The molecule has 148 valence electrons. The number of aromatic nitrogens is 2. The lowest BCUT2D eigenvalue weighted by Gasteiger charge is -2.24. The van der Waals surface area contributed by atoms with Gasteiger partial charge in [-0.2, -0.15) is 0 Å². The molecular weight excluding hydrogens is 444 g/mol. The molecule has 3 aromatic rings. The van der Waals surface area contributed by atoms with E-state index in [9.17, 15) is 10.1 Å². The van der Waals surface area contributed by atoms with Gasteiger partial charge in [-0.3, -0.25) is 20.0 Å². The SMILES string of the molecule is NC1=N[C@H](c2ccc(Br)c([N+](=O)[O-])c2)n2c(nc3cc4c(cc32)OCCCO4)N1. The van der Waals surface area contributed by atoms with Gasteiger partial charge in [-0.15, -0.1) is 0 Å². The molecule has 5 rings (SSSR count). The van der Waals surface area contributed by atoms with E-state index in [2.05, 4.69) is 31.2 Å². The van der Waals surface area contributed by atoms with Crippen molar-refractivity contribution in [2.24, 2.45) is 10.7 Å². The number of fused-ring (bicyclic) bond motifs is 4. The first kappa shape index (κ1) is 17.7. The molecule has 0 saturated carbocycles. The van der Waals surface area contributed by atoms with Crippen molar-refractivity contribution in [3.8, 4) is 11.5 Å². The third kappa shape index (κ3) is 2.94. The molecule has 3 N–H and O–H groups in total. The lowest BCUT2D eigenvalue weighted by Crippen LogP contribution is -2.31. The van der Waals surface area contributed by atoms with Gasteiger partial charge in [0, 0.05) is 30.2 Å². The molecule has 29 heavy (non-hydrogen) atoms. The van der Waals surface area contributed by atoms with Crippen molar-refractivity contribution in [1.82, 2.24) is 9.55 Å². The molecule has 2 aliphatic rings. The van der Waals surface area contributed by atoms with Crippen molar-refractivity contribution in [1.29, 1.82) is 0 Å². The molecule has 0 saturated heterocycles. The van der Waals surface area contributed by atoms with E-state index in [0.29, 0.717) is 46.2 Å². The van der Waals surface area contributed by atoms with Crippen LogP contribution in [0.5, 0.6) is 11.5 Å². The number of nitrogens with one attached hydrogen (secondary N) is 1. The molecule has 2 aromatic carbocycles. The van der Waals surface area contributed by atoms with Gasteiger partial charge in [0.25, 0.3) is 5.69 Å². The Morgan fingerprint density at radius 3 is 2.76 bits per heavy atom. The van der Waals surface area contributed by atoms with Crippen LogP contribution < -0.4 is 20.5 Å². The second kappa shape index (κ2) is 6.62. The number of hydrogen-bond acceptors (Lipinski definition) is 8. The Labute approximate surface area is 172 Å². The minimum absolute atomic E-state index is 0.0497. The third-order valence-corrected chi connectivity index (χ3v) is 5.44. The quantitative estimate of drug-likeness (QED) is 0.445. The van der Waals surface area contributed by atoms with Gasteiger partial charge in [0.1, 0.15) is 0 Å². The van der Waals surface area contributed by atoms with Crippen LogP contribution in [-0.4, -0.2) is 33.6 Å². The van der Waals surface area contributed by atoms with Gasteiger partial charge in [0.05, 0.1) is 33.6 Å². The van der Waals surface area contributed by atoms with Gasteiger partial charge < -0.3 is 15.2 Å². The number of hydrogen-bond donors (Lipinski definition) is 2. The minimum atomic E-state index is -0.618. The van der Waals surface area contributed by atoms with Crippen LogP contribution in [0.25, 0.3) is 11.0 Å². The zero-order valence-electron chi connectivity index (χ0n) is 15.0. The summed E-state index contributed by atoms with van der Waals surface area (Å²) in [7, 11) is 0. The van der Waals surface area contributed by atoms with E-state index in [0.717, 1.165) is 11.9 Å². The lowest BCUT2D eigenvalue weighted by molar-refractivity contribution is -0.385. The van der Waals surface area contributed by atoms with Gasteiger partial charge in [-0.1, -0.05) is 6.07 Å². The van der Waals surface area contributed by atoms with E-state index in [1.54, 1.807) is 12.1 Å². The normalized spacial score (nSPS) is 17.8. The Bertz CT molecular complexity index is 1190. The minimum Gasteiger partial charge on any atom is -0.489 e. The van der Waals surface area contributed by atoms with Crippen LogP contribution >= 0.6 is 15.9 Å². The highest BCUT2D eigenvalue weighted by atomic mass is 79.9. The van der Waals surface area contributed by atoms with Gasteiger partial charge in [0.15, 0.2) is 23.6 Å². The highest BCUT2D eigenvalue weighted by Gasteiger charge is 2.28. The number of halogens is 1. The number of guanidine groups is 1. The Kier molecular flexibility index (Phi) is 4.05. The molecule has 1 aromatic heterocycles. The zero-order chi connectivity index (χ0) is 20.1. The second-order valence-electron chi connectivity index (χ2n) is 6.62. The fraction of sp³-hybridized carbons (Fsp3) is 0.222. The number of nitrogens with two attached hydrogens (primary N) is 1. The highest BCUT2D eigenvalue weighted by Crippen LogP contribution is 2.40. The van der Waals surface area contributed by atoms with Crippen molar-refractivity contribution in [2.45, 2.75) is 12.6 Å². The smallest absolute Gasteiger partial charge is 0.283 e. The number of imidazole rings is 1. The molecule has 1 atom stereocenters. The van der Waals surface area contributed by atoms with Crippen LogP contribution in [0.3, 0.4) is 0 Å². The summed E-state index contributed by atoms with van der Waals surface area (Å²) < 4.78 is 13.8. The molecule has 10 nitrogen and oxygen atoms in total. The fourth-order valence-electron chi connectivity index (χ4n) is 3.48. The first-order chi connectivity index (χ1) is 14.0. The molecule has 2 aliphatic heterocycles. The summed E-state index contributed by atoms with van der Waals surface area (Å²) >= 11 is 3.22. The predicted molar refractivity (Wildman–Crippen MR) is 110 cm³/mol. The van der Waals surface area contributed by atoms with Crippen LogP contribution in [0.2, 0.25) is 0 Å². The molecular formula is C18H15BrN6O4. The van der Waals surface area contributed by atoms with Gasteiger partial charge in [-0.05, 0) is 22.0 Å². The summed E-state index contributed by atoms with van der Waals surface area (Å²) in [6.45, 7) is 1.14. The van der Waals surface area contributed by atoms with E-state index >= 15 is 0 Å². The number of nitro benzene ring substituents is 1. The van der Waals surface area contributed by atoms with E-state index in [1.165, 1.54) is 6.07 Å².